The van der Waals surface area contributed by atoms with Crippen molar-refractivity contribution in [3.8, 4) is 0 Å². The lowest BCUT2D eigenvalue weighted by molar-refractivity contribution is -0.130. The highest BCUT2D eigenvalue weighted by atomic mass is 32.1. The molecule has 1 aromatic rings. The molecule has 21 heavy (non-hydrogen) atoms. The molecule has 0 aliphatic carbocycles. The highest BCUT2D eigenvalue weighted by Gasteiger charge is 2.17. The Balaban J connectivity index is 1.91. The minimum atomic E-state index is -0.108. The van der Waals surface area contributed by atoms with Gasteiger partial charge >= 0.3 is 5.69 Å². The summed E-state index contributed by atoms with van der Waals surface area (Å²) in [6.45, 7) is 1.55. The molecule has 1 aliphatic rings. The topological polar surface area (TPSA) is 86.2 Å². The monoisotopic (exact) mass is 311 g/mol. The van der Waals surface area contributed by atoms with E-state index < -0.39 is 0 Å². The van der Waals surface area contributed by atoms with Gasteiger partial charge in [0.05, 0.1) is 11.5 Å². The number of fused-ring (bicyclic) bond motifs is 1. The fourth-order valence-corrected chi connectivity index (χ4v) is 2.48. The lowest BCUT2D eigenvalue weighted by Crippen LogP contribution is -2.32. The molecule has 2 heterocycles. The van der Waals surface area contributed by atoms with Crippen LogP contribution in [0.4, 0.5) is 0 Å². The third kappa shape index (κ3) is 3.90. The first kappa shape index (κ1) is 15.7. The van der Waals surface area contributed by atoms with E-state index in [2.05, 4.69) is 5.10 Å². The summed E-state index contributed by atoms with van der Waals surface area (Å²) in [4.78, 5) is 26.1. The number of hydrogen-bond donors (Lipinski definition) is 1. The SMILES string of the molecule is CN(CCC(N)=S)C(=O)CCn1nc2n(c1=O)CCCC2. The third-order valence-corrected chi connectivity index (χ3v) is 3.89. The number of carbonyl (C=O) groups excluding carboxylic acids is 1. The summed E-state index contributed by atoms with van der Waals surface area (Å²) in [5.41, 5.74) is 5.31. The van der Waals surface area contributed by atoms with E-state index in [1.54, 1.807) is 16.5 Å². The quantitative estimate of drug-likeness (QED) is 0.742. The van der Waals surface area contributed by atoms with Crippen molar-refractivity contribution in [1.82, 2.24) is 19.2 Å². The van der Waals surface area contributed by atoms with Gasteiger partial charge < -0.3 is 10.6 Å². The van der Waals surface area contributed by atoms with Crippen molar-refractivity contribution in [3.05, 3.63) is 16.3 Å². The first-order valence-corrected chi connectivity index (χ1v) is 7.58. The average Bonchev–Trinajstić information content (AvgIpc) is 2.79. The average molecular weight is 311 g/mol. The summed E-state index contributed by atoms with van der Waals surface area (Å²) in [5.74, 6) is 0.796. The highest BCUT2D eigenvalue weighted by molar-refractivity contribution is 7.80. The van der Waals surface area contributed by atoms with Gasteiger partial charge in [-0.15, -0.1) is 0 Å². The molecule has 0 fully saturated rings. The van der Waals surface area contributed by atoms with E-state index in [1.807, 2.05) is 0 Å². The Hall–Kier alpha value is -1.70. The number of nitrogens with zero attached hydrogens (tertiary/aromatic N) is 4. The first-order chi connectivity index (χ1) is 9.99. The zero-order valence-corrected chi connectivity index (χ0v) is 13.1. The Labute approximate surface area is 128 Å². The van der Waals surface area contributed by atoms with Crippen LogP contribution in [0, 0.1) is 0 Å². The van der Waals surface area contributed by atoms with Crippen molar-refractivity contribution in [1.29, 1.82) is 0 Å². The van der Waals surface area contributed by atoms with Crippen LogP contribution >= 0.6 is 12.2 Å². The fraction of sp³-hybridized carbons (Fsp3) is 0.692. The number of hydrogen-bond acceptors (Lipinski definition) is 4. The van der Waals surface area contributed by atoms with Crippen LogP contribution in [0.15, 0.2) is 4.79 Å². The van der Waals surface area contributed by atoms with E-state index >= 15 is 0 Å². The van der Waals surface area contributed by atoms with Crippen LogP contribution < -0.4 is 11.4 Å². The lowest BCUT2D eigenvalue weighted by Gasteiger charge is -2.16. The summed E-state index contributed by atoms with van der Waals surface area (Å²) in [7, 11) is 1.71. The maximum Gasteiger partial charge on any atom is 0.345 e. The molecular weight excluding hydrogens is 290 g/mol. The molecule has 0 spiro atoms. The number of thiocarbonyl (C=S) groups is 1. The van der Waals surface area contributed by atoms with Gasteiger partial charge in [-0.3, -0.25) is 9.36 Å². The smallest absolute Gasteiger partial charge is 0.345 e. The number of aromatic nitrogens is 3. The van der Waals surface area contributed by atoms with Crippen molar-refractivity contribution < 1.29 is 4.79 Å². The van der Waals surface area contributed by atoms with Crippen LogP contribution in [-0.2, 0) is 24.3 Å². The molecule has 8 heteroatoms. The highest BCUT2D eigenvalue weighted by Crippen LogP contribution is 2.09. The van der Waals surface area contributed by atoms with Crippen LogP contribution in [0.1, 0.15) is 31.5 Å². The Morgan fingerprint density at radius 2 is 2.19 bits per heavy atom. The molecule has 0 saturated carbocycles. The Bertz CT molecular complexity index is 592. The van der Waals surface area contributed by atoms with Gasteiger partial charge in [0.1, 0.15) is 5.82 Å². The van der Waals surface area contributed by atoms with Crippen LogP contribution in [0.3, 0.4) is 0 Å². The molecule has 0 aromatic carbocycles. The number of amides is 1. The lowest BCUT2D eigenvalue weighted by atomic mass is 10.2. The minimum Gasteiger partial charge on any atom is -0.393 e. The predicted octanol–water partition coefficient (Wildman–Crippen LogP) is -0.0942. The van der Waals surface area contributed by atoms with Gasteiger partial charge in [-0.1, -0.05) is 12.2 Å². The van der Waals surface area contributed by atoms with Gasteiger partial charge in [-0.25, -0.2) is 9.48 Å². The number of aryl methyl sites for hydroxylation is 2. The van der Waals surface area contributed by atoms with Crippen molar-refractivity contribution in [2.75, 3.05) is 13.6 Å². The van der Waals surface area contributed by atoms with E-state index in [0.29, 0.717) is 24.5 Å². The Morgan fingerprint density at radius 3 is 2.86 bits per heavy atom. The molecule has 2 N–H and O–H groups in total. The minimum absolute atomic E-state index is 0.0379. The molecule has 0 radical (unpaired) electrons. The fourth-order valence-electron chi connectivity index (χ4n) is 2.39. The second-order valence-corrected chi connectivity index (χ2v) is 5.84. The van der Waals surface area contributed by atoms with Gasteiger partial charge in [0, 0.05) is 39.4 Å². The van der Waals surface area contributed by atoms with Crippen molar-refractivity contribution in [2.45, 2.75) is 45.2 Å². The number of rotatable bonds is 6. The normalized spacial score (nSPS) is 13.8. The van der Waals surface area contributed by atoms with Crippen LogP contribution in [0.25, 0.3) is 0 Å². The van der Waals surface area contributed by atoms with Crippen LogP contribution in [0.5, 0.6) is 0 Å². The van der Waals surface area contributed by atoms with E-state index in [4.69, 9.17) is 18.0 Å². The summed E-state index contributed by atoms with van der Waals surface area (Å²) in [6.07, 6.45) is 3.68. The zero-order chi connectivity index (χ0) is 15.4. The summed E-state index contributed by atoms with van der Waals surface area (Å²) >= 11 is 4.79. The summed E-state index contributed by atoms with van der Waals surface area (Å²) < 4.78 is 3.12. The molecular formula is C13H21N5O2S. The Morgan fingerprint density at radius 1 is 1.43 bits per heavy atom. The molecule has 1 amide bonds. The first-order valence-electron chi connectivity index (χ1n) is 7.18. The standard InChI is InChI=1S/C13H21N5O2S/c1-16(8-5-10(14)21)12(19)6-9-18-13(20)17-7-3-2-4-11(17)15-18/h2-9H2,1H3,(H2,14,21). The van der Waals surface area contributed by atoms with Crippen LogP contribution in [0.2, 0.25) is 0 Å². The van der Waals surface area contributed by atoms with E-state index in [-0.39, 0.29) is 18.0 Å². The second kappa shape index (κ2) is 6.84. The molecule has 7 nitrogen and oxygen atoms in total. The molecule has 0 bridgehead atoms. The van der Waals surface area contributed by atoms with Gasteiger partial charge in [0.25, 0.3) is 0 Å². The Kier molecular flexibility index (Phi) is 5.11. The van der Waals surface area contributed by atoms with Gasteiger partial charge in [-0.05, 0) is 12.8 Å². The molecule has 0 saturated heterocycles. The number of nitrogens with two attached hydrogens (primary N) is 1. The predicted molar refractivity (Wildman–Crippen MR) is 83.1 cm³/mol. The maximum atomic E-state index is 12.1. The molecule has 0 atom stereocenters. The van der Waals surface area contributed by atoms with E-state index in [9.17, 15) is 9.59 Å². The van der Waals surface area contributed by atoms with Gasteiger partial charge in [0.15, 0.2) is 0 Å². The summed E-state index contributed by atoms with van der Waals surface area (Å²) in [5, 5.41) is 4.31. The molecule has 1 aromatic heterocycles. The number of carbonyl (C=O) groups is 1. The van der Waals surface area contributed by atoms with Crippen molar-refractivity contribution in [2.24, 2.45) is 5.73 Å². The summed E-state index contributed by atoms with van der Waals surface area (Å²) in [6, 6.07) is 0. The van der Waals surface area contributed by atoms with Crippen molar-refractivity contribution >= 4 is 23.1 Å². The molecule has 116 valence electrons. The molecule has 1 aliphatic heterocycles. The van der Waals surface area contributed by atoms with E-state index in [1.165, 1.54) is 4.68 Å². The second-order valence-electron chi connectivity index (χ2n) is 5.31. The zero-order valence-electron chi connectivity index (χ0n) is 12.2. The largest absolute Gasteiger partial charge is 0.393 e. The maximum absolute atomic E-state index is 12.1. The van der Waals surface area contributed by atoms with Gasteiger partial charge in [0.2, 0.25) is 5.91 Å². The third-order valence-electron chi connectivity index (χ3n) is 3.69. The molecule has 2 rings (SSSR count). The van der Waals surface area contributed by atoms with Gasteiger partial charge in [-0.2, -0.15) is 5.10 Å². The molecule has 0 unspecified atom stereocenters. The van der Waals surface area contributed by atoms with E-state index in [0.717, 1.165) is 31.6 Å². The van der Waals surface area contributed by atoms with Crippen LogP contribution in [-0.4, -0.2) is 43.7 Å². The van der Waals surface area contributed by atoms with Crippen molar-refractivity contribution in [3.63, 3.8) is 0 Å².